The molecule has 1 unspecified atom stereocenters. The Labute approximate surface area is 85.8 Å². The molecule has 0 aliphatic rings. The third kappa shape index (κ3) is 5.41. The highest BCUT2D eigenvalue weighted by Crippen LogP contribution is 2.07. The fourth-order valence-electron chi connectivity index (χ4n) is 0.754. The van der Waals surface area contributed by atoms with Gasteiger partial charge in [-0.2, -0.15) is 0 Å². The molecule has 0 bridgehead atoms. The van der Waals surface area contributed by atoms with Crippen LogP contribution >= 0.6 is 0 Å². The van der Waals surface area contributed by atoms with Crippen LogP contribution in [0.3, 0.4) is 0 Å². The van der Waals surface area contributed by atoms with Crippen molar-refractivity contribution in [2.45, 2.75) is 39.3 Å². The summed E-state index contributed by atoms with van der Waals surface area (Å²) in [6.45, 7) is 14.6. The number of nitrogens with one attached hydrogen (secondary N) is 1. The molecule has 0 saturated carbocycles. The Bertz CT molecular complexity index is 238. The average Bonchev–Trinajstić information content (AvgIpc) is 1.99. The first-order chi connectivity index (χ1) is 6.26. The van der Waals surface area contributed by atoms with E-state index in [1.54, 1.807) is 6.08 Å². The molecule has 0 aromatic heterocycles. The van der Waals surface area contributed by atoms with E-state index in [0.29, 0.717) is 0 Å². The first-order valence-corrected chi connectivity index (χ1v) is 4.57. The number of rotatable bonds is 3. The van der Waals surface area contributed by atoms with E-state index in [1.165, 1.54) is 0 Å². The zero-order valence-corrected chi connectivity index (χ0v) is 9.39. The molecule has 0 heterocycles. The van der Waals surface area contributed by atoms with Crippen LogP contribution in [-0.4, -0.2) is 17.7 Å². The lowest BCUT2D eigenvalue weighted by Crippen LogP contribution is -2.38. The number of ether oxygens (including phenoxy) is 1. The van der Waals surface area contributed by atoms with Crippen molar-refractivity contribution in [2.75, 3.05) is 0 Å². The van der Waals surface area contributed by atoms with Crippen molar-refractivity contribution < 1.29 is 9.53 Å². The lowest BCUT2D eigenvalue weighted by Gasteiger charge is -2.22. The van der Waals surface area contributed by atoms with Gasteiger partial charge in [-0.1, -0.05) is 19.2 Å². The first-order valence-electron chi connectivity index (χ1n) is 4.57. The largest absolute Gasteiger partial charge is 0.444 e. The summed E-state index contributed by atoms with van der Waals surface area (Å²) < 4.78 is 5.08. The topological polar surface area (TPSA) is 38.3 Å². The average molecular weight is 197 g/mol. The second-order valence-electron chi connectivity index (χ2n) is 4.15. The monoisotopic (exact) mass is 197 g/mol. The number of hydrogen-bond acceptors (Lipinski definition) is 2. The molecule has 0 aliphatic carbocycles. The molecule has 0 radical (unpaired) electrons. The number of hydrogen-bond donors (Lipinski definition) is 1. The van der Waals surface area contributed by atoms with Crippen molar-refractivity contribution in [1.29, 1.82) is 0 Å². The van der Waals surface area contributed by atoms with Crippen molar-refractivity contribution in [1.82, 2.24) is 5.32 Å². The molecule has 80 valence electrons. The van der Waals surface area contributed by atoms with E-state index in [1.807, 2.05) is 27.7 Å². The van der Waals surface area contributed by atoms with E-state index in [-0.39, 0.29) is 6.04 Å². The Kier molecular flexibility index (Phi) is 4.41. The van der Waals surface area contributed by atoms with Gasteiger partial charge in [-0.3, -0.25) is 0 Å². The van der Waals surface area contributed by atoms with Gasteiger partial charge in [-0.25, -0.2) is 4.79 Å². The number of amides is 1. The lowest BCUT2D eigenvalue weighted by atomic mass is 10.1. The predicted octanol–water partition coefficient (Wildman–Crippen LogP) is 2.64. The SMILES string of the molecule is C=CC(=C)C(C)NC(=O)OC(C)(C)C. The van der Waals surface area contributed by atoms with Gasteiger partial charge in [-0.15, -0.1) is 0 Å². The predicted molar refractivity (Wildman–Crippen MR) is 58.2 cm³/mol. The third-order valence-electron chi connectivity index (χ3n) is 1.55. The summed E-state index contributed by atoms with van der Waals surface area (Å²) in [5, 5.41) is 2.66. The molecule has 3 nitrogen and oxygen atoms in total. The van der Waals surface area contributed by atoms with Crippen LogP contribution in [0.1, 0.15) is 27.7 Å². The molecule has 0 aromatic rings. The van der Waals surface area contributed by atoms with Gasteiger partial charge in [-0.05, 0) is 33.3 Å². The minimum absolute atomic E-state index is 0.151. The fraction of sp³-hybridized carbons (Fsp3) is 0.545. The highest BCUT2D eigenvalue weighted by molar-refractivity contribution is 5.68. The smallest absolute Gasteiger partial charge is 0.408 e. The highest BCUT2D eigenvalue weighted by atomic mass is 16.6. The van der Waals surface area contributed by atoms with E-state index < -0.39 is 11.7 Å². The van der Waals surface area contributed by atoms with E-state index in [9.17, 15) is 4.79 Å². The van der Waals surface area contributed by atoms with Crippen LogP contribution in [0.5, 0.6) is 0 Å². The molecular formula is C11H19NO2. The first kappa shape index (κ1) is 12.8. The van der Waals surface area contributed by atoms with Gasteiger partial charge >= 0.3 is 6.09 Å². The van der Waals surface area contributed by atoms with Gasteiger partial charge in [0.1, 0.15) is 5.60 Å². The van der Waals surface area contributed by atoms with Crippen LogP contribution in [0.2, 0.25) is 0 Å². The molecule has 1 N–H and O–H groups in total. The number of carbonyl (C=O) groups is 1. The van der Waals surface area contributed by atoms with Crippen molar-refractivity contribution in [3.05, 3.63) is 24.8 Å². The van der Waals surface area contributed by atoms with E-state index in [4.69, 9.17) is 4.74 Å². The molecule has 1 amide bonds. The summed E-state index contributed by atoms with van der Waals surface area (Å²) in [6, 6.07) is -0.151. The van der Waals surface area contributed by atoms with E-state index >= 15 is 0 Å². The zero-order valence-electron chi connectivity index (χ0n) is 9.39. The Morgan fingerprint density at radius 3 is 2.36 bits per heavy atom. The normalized spacial score (nSPS) is 12.9. The van der Waals surface area contributed by atoms with Gasteiger partial charge in [0, 0.05) is 0 Å². The fourth-order valence-corrected chi connectivity index (χ4v) is 0.754. The summed E-state index contributed by atoms with van der Waals surface area (Å²) in [5.41, 5.74) is 0.287. The van der Waals surface area contributed by atoms with Gasteiger partial charge in [0.25, 0.3) is 0 Å². The van der Waals surface area contributed by atoms with Crippen LogP contribution in [0.25, 0.3) is 0 Å². The Morgan fingerprint density at radius 2 is 2.00 bits per heavy atom. The van der Waals surface area contributed by atoms with Crippen LogP contribution < -0.4 is 5.32 Å². The maximum Gasteiger partial charge on any atom is 0.408 e. The minimum atomic E-state index is -0.473. The molecule has 0 spiro atoms. The number of alkyl carbamates (subject to hydrolysis) is 1. The molecule has 0 saturated heterocycles. The summed E-state index contributed by atoms with van der Waals surface area (Å²) in [6.07, 6.45) is 1.18. The Balaban J connectivity index is 4.07. The van der Waals surface area contributed by atoms with Crippen molar-refractivity contribution in [3.8, 4) is 0 Å². The summed E-state index contributed by atoms with van der Waals surface area (Å²) in [7, 11) is 0. The molecule has 14 heavy (non-hydrogen) atoms. The molecule has 0 fully saturated rings. The van der Waals surface area contributed by atoms with Crippen LogP contribution in [0.4, 0.5) is 4.79 Å². The maximum atomic E-state index is 11.3. The molecule has 0 aromatic carbocycles. The van der Waals surface area contributed by atoms with Gasteiger partial charge in [0.15, 0.2) is 0 Å². The van der Waals surface area contributed by atoms with Gasteiger partial charge < -0.3 is 10.1 Å². The summed E-state index contributed by atoms with van der Waals surface area (Å²) in [4.78, 5) is 11.3. The van der Waals surface area contributed by atoms with E-state index in [2.05, 4.69) is 18.5 Å². The molecular weight excluding hydrogens is 178 g/mol. The van der Waals surface area contributed by atoms with Crippen molar-refractivity contribution in [3.63, 3.8) is 0 Å². The third-order valence-corrected chi connectivity index (χ3v) is 1.55. The van der Waals surface area contributed by atoms with Gasteiger partial charge in [0.05, 0.1) is 6.04 Å². The standard InChI is InChI=1S/C11H19NO2/c1-7-8(2)9(3)12-10(13)14-11(4,5)6/h7,9H,1-2H2,3-6H3,(H,12,13). The zero-order chi connectivity index (χ0) is 11.4. The Hall–Kier alpha value is -1.25. The van der Waals surface area contributed by atoms with Crippen LogP contribution in [0, 0.1) is 0 Å². The summed E-state index contributed by atoms with van der Waals surface area (Å²) >= 11 is 0. The van der Waals surface area contributed by atoms with E-state index in [0.717, 1.165) is 5.57 Å². The summed E-state index contributed by atoms with van der Waals surface area (Å²) in [5.74, 6) is 0. The van der Waals surface area contributed by atoms with Gasteiger partial charge in [0.2, 0.25) is 0 Å². The second-order valence-corrected chi connectivity index (χ2v) is 4.15. The van der Waals surface area contributed by atoms with Crippen LogP contribution in [-0.2, 0) is 4.74 Å². The molecule has 0 aliphatic heterocycles. The second kappa shape index (κ2) is 4.84. The molecule has 0 rings (SSSR count). The van der Waals surface area contributed by atoms with Crippen molar-refractivity contribution >= 4 is 6.09 Å². The molecule has 3 heteroatoms. The minimum Gasteiger partial charge on any atom is -0.444 e. The quantitative estimate of drug-likeness (QED) is 0.706. The molecule has 1 atom stereocenters. The Morgan fingerprint density at radius 1 is 1.50 bits per heavy atom. The van der Waals surface area contributed by atoms with Crippen LogP contribution in [0.15, 0.2) is 24.8 Å². The number of carbonyl (C=O) groups excluding carboxylic acids is 1. The lowest BCUT2D eigenvalue weighted by molar-refractivity contribution is 0.0516. The van der Waals surface area contributed by atoms with Crippen molar-refractivity contribution in [2.24, 2.45) is 0 Å². The maximum absolute atomic E-state index is 11.3. The highest BCUT2D eigenvalue weighted by Gasteiger charge is 2.17.